The molecule has 1 saturated carbocycles. The number of carboxylic acid groups (broad SMARTS) is 1. The van der Waals surface area contributed by atoms with Gasteiger partial charge in [-0.3, -0.25) is 9.20 Å². The summed E-state index contributed by atoms with van der Waals surface area (Å²) in [6, 6.07) is 11.5. The molecule has 2 aliphatic rings. The Morgan fingerprint density at radius 2 is 1.85 bits per heavy atom. The first-order chi connectivity index (χ1) is 18.3. The van der Waals surface area contributed by atoms with Gasteiger partial charge in [-0.15, -0.1) is 0 Å². The maximum absolute atomic E-state index is 14.0. The van der Waals surface area contributed by atoms with Crippen LogP contribution in [0, 0.1) is 18.8 Å². The molecule has 0 aliphatic heterocycles. The summed E-state index contributed by atoms with van der Waals surface area (Å²) in [6.45, 7) is 1.67. The second kappa shape index (κ2) is 8.49. The maximum atomic E-state index is 14.0. The van der Waals surface area contributed by atoms with Crippen molar-refractivity contribution in [2.45, 2.75) is 38.2 Å². The molecule has 0 bridgehead atoms. The number of benzene rings is 2. The van der Waals surface area contributed by atoms with E-state index < -0.39 is 35.2 Å². The third-order valence-electron chi connectivity index (χ3n) is 7.70. The predicted octanol–water partition coefficient (Wildman–Crippen LogP) is 6.90. The normalized spacial score (nSPS) is 20.1. The Hall–Kier alpha value is -4.02. The van der Waals surface area contributed by atoms with Gasteiger partial charge in [-0.2, -0.15) is 26.3 Å². The lowest BCUT2D eigenvalue weighted by atomic mass is 9.99. The van der Waals surface area contributed by atoms with Gasteiger partial charge in [-0.25, -0.2) is 4.98 Å². The summed E-state index contributed by atoms with van der Waals surface area (Å²) in [5, 5.41) is 9.29. The Kier molecular flexibility index (Phi) is 5.50. The molecule has 0 saturated heterocycles. The molecule has 0 spiro atoms. The highest BCUT2D eigenvalue weighted by Crippen LogP contribution is 2.61. The zero-order valence-electron chi connectivity index (χ0n) is 20.3. The highest BCUT2D eigenvalue weighted by Gasteiger charge is 2.59. The van der Waals surface area contributed by atoms with Gasteiger partial charge in [0.15, 0.2) is 5.69 Å². The summed E-state index contributed by atoms with van der Waals surface area (Å²) in [7, 11) is 0. The fraction of sp³-hybridized carbons (Fsp3) is 0.286. The largest absolute Gasteiger partial charge is 0.489 e. The summed E-state index contributed by atoms with van der Waals surface area (Å²) in [5.41, 5.74) is 0.0923. The molecule has 1 fully saturated rings. The summed E-state index contributed by atoms with van der Waals surface area (Å²) in [4.78, 5) is 14.8. The summed E-state index contributed by atoms with van der Waals surface area (Å²) >= 11 is 0. The van der Waals surface area contributed by atoms with Gasteiger partial charge in [-0.1, -0.05) is 24.3 Å². The van der Waals surface area contributed by atoms with Crippen molar-refractivity contribution in [2.75, 3.05) is 0 Å². The molecular formula is C28H20F6N2O3. The van der Waals surface area contributed by atoms with Crippen LogP contribution < -0.4 is 4.74 Å². The number of aliphatic carboxylic acids is 1. The summed E-state index contributed by atoms with van der Waals surface area (Å²) in [6.07, 6.45) is -8.02. The van der Waals surface area contributed by atoms with Crippen molar-refractivity contribution in [1.82, 2.24) is 9.38 Å². The number of rotatable bonds is 5. The van der Waals surface area contributed by atoms with Crippen LogP contribution in [0.2, 0.25) is 0 Å². The minimum absolute atomic E-state index is 0.0333. The zero-order valence-corrected chi connectivity index (χ0v) is 20.3. The SMILES string of the molecule is Cc1c(COc2ccc3c(c2)CC2C(C(=O)O)C32)cccc1-c1c(C(F)(F)F)nc2cc(C(F)(F)F)ccn12. The quantitative estimate of drug-likeness (QED) is 0.277. The van der Waals surface area contributed by atoms with Crippen molar-refractivity contribution < 1.29 is 41.0 Å². The third-order valence-corrected chi connectivity index (χ3v) is 7.70. The fourth-order valence-corrected chi connectivity index (χ4v) is 5.75. The van der Waals surface area contributed by atoms with Crippen LogP contribution in [0.3, 0.4) is 0 Å². The standard InChI is InChI=1S/C28H20F6N2O3/c1-13-14(12-39-17-5-6-19-15(9-17)10-20-22(19)23(20)26(37)38)3-2-4-18(13)24-25(28(32,33)34)35-21-11-16(27(29,30)31)7-8-36(21)24/h2-9,11,20,22-23H,10,12H2,1H3,(H,37,38). The minimum Gasteiger partial charge on any atom is -0.489 e. The highest BCUT2D eigenvalue weighted by molar-refractivity contribution is 5.78. The lowest BCUT2D eigenvalue weighted by molar-refractivity contribution is -0.140. The van der Waals surface area contributed by atoms with Gasteiger partial charge in [0.1, 0.15) is 18.0 Å². The van der Waals surface area contributed by atoms with Gasteiger partial charge in [0.2, 0.25) is 0 Å². The number of hydrogen-bond donors (Lipinski definition) is 1. The van der Waals surface area contributed by atoms with Crippen molar-refractivity contribution in [3.63, 3.8) is 0 Å². The van der Waals surface area contributed by atoms with Crippen LogP contribution in [0.5, 0.6) is 5.75 Å². The average Bonchev–Trinajstić information content (AvgIpc) is 3.24. The highest BCUT2D eigenvalue weighted by atomic mass is 19.4. The van der Waals surface area contributed by atoms with Crippen LogP contribution in [0.25, 0.3) is 16.9 Å². The molecule has 5 nitrogen and oxygen atoms in total. The van der Waals surface area contributed by atoms with Crippen LogP contribution in [0.1, 0.15) is 39.4 Å². The molecule has 6 rings (SSSR count). The molecule has 4 aromatic rings. The summed E-state index contributed by atoms with van der Waals surface area (Å²) < 4.78 is 88.4. The minimum atomic E-state index is -4.90. The number of alkyl halides is 6. The molecule has 0 radical (unpaired) electrons. The molecule has 2 aromatic carbocycles. The average molecular weight is 546 g/mol. The molecule has 39 heavy (non-hydrogen) atoms. The van der Waals surface area contributed by atoms with Gasteiger partial charge in [0.25, 0.3) is 0 Å². The number of ether oxygens (including phenoxy) is 1. The van der Waals surface area contributed by atoms with Gasteiger partial charge in [-0.05, 0) is 65.8 Å². The van der Waals surface area contributed by atoms with E-state index in [2.05, 4.69) is 4.98 Å². The van der Waals surface area contributed by atoms with Crippen LogP contribution in [0.15, 0.2) is 54.7 Å². The Balaban J connectivity index is 1.31. The number of pyridine rings is 1. The second-order valence-electron chi connectivity index (χ2n) is 9.94. The number of fused-ring (bicyclic) bond motifs is 4. The molecule has 0 amide bonds. The van der Waals surface area contributed by atoms with Crippen molar-refractivity contribution in [3.05, 3.63) is 88.2 Å². The van der Waals surface area contributed by atoms with Crippen molar-refractivity contribution in [3.8, 4) is 17.0 Å². The number of nitrogens with zero attached hydrogens (tertiary/aromatic N) is 2. The molecule has 3 atom stereocenters. The zero-order chi connectivity index (χ0) is 27.9. The molecule has 202 valence electrons. The lowest BCUT2D eigenvalue weighted by Gasteiger charge is -2.15. The van der Waals surface area contributed by atoms with E-state index >= 15 is 0 Å². The van der Waals surface area contributed by atoms with Crippen LogP contribution in [-0.4, -0.2) is 20.5 Å². The fourth-order valence-electron chi connectivity index (χ4n) is 5.75. The van der Waals surface area contributed by atoms with Crippen LogP contribution >= 0.6 is 0 Å². The van der Waals surface area contributed by atoms with Gasteiger partial charge >= 0.3 is 18.3 Å². The molecule has 2 aromatic heterocycles. The van der Waals surface area contributed by atoms with E-state index in [1.807, 2.05) is 12.1 Å². The van der Waals surface area contributed by atoms with E-state index in [9.17, 15) is 36.2 Å². The van der Waals surface area contributed by atoms with Crippen LogP contribution in [0.4, 0.5) is 26.3 Å². The first-order valence-corrected chi connectivity index (χ1v) is 12.1. The van der Waals surface area contributed by atoms with Crippen molar-refractivity contribution in [1.29, 1.82) is 0 Å². The van der Waals surface area contributed by atoms with E-state index in [0.29, 0.717) is 29.4 Å². The second-order valence-corrected chi connectivity index (χ2v) is 9.94. The van der Waals surface area contributed by atoms with E-state index in [1.165, 1.54) is 6.07 Å². The van der Waals surface area contributed by atoms with Gasteiger partial charge < -0.3 is 9.84 Å². The predicted molar refractivity (Wildman–Crippen MR) is 127 cm³/mol. The van der Waals surface area contributed by atoms with E-state index in [-0.39, 0.29) is 35.6 Å². The van der Waals surface area contributed by atoms with Crippen molar-refractivity contribution >= 4 is 11.6 Å². The van der Waals surface area contributed by atoms with Gasteiger partial charge in [0.05, 0.1) is 17.2 Å². The number of imidazole rings is 1. The molecule has 1 N–H and O–H groups in total. The third kappa shape index (κ3) is 4.20. The Morgan fingerprint density at radius 1 is 1.08 bits per heavy atom. The number of carboxylic acids is 1. The lowest BCUT2D eigenvalue weighted by Crippen LogP contribution is -2.09. The van der Waals surface area contributed by atoms with E-state index in [1.54, 1.807) is 25.1 Å². The Labute approximate surface area is 217 Å². The first kappa shape index (κ1) is 25.3. The van der Waals surface area contributed by atoms with E-state index in [4.69, 9.17) is 4.74 Å². The molecule has 2 heterocycles. The number of halogens is 6. The topological polar surface area (TPSA) is 63.8 Å². The Bertz CT molecular complexity index is 1640. The molecule has 3 unspecified atom stereocenters. The maximum Gasteiger partial charge on any atom is 0.435 e. The van der Waals surface area contributed by atoms with Crippen molar-refractivity contribution in [2.24, 2.45) is 11.8 Å². The molecular weight excluding hydrogens is 526 g/mol. The monoisotopic (exact) mass is 546 g/mol. The van der Waals surface area contributed by atoms with Gasteiger partial charge in [0, 0.05) is 17.7 Å². The first-order valence-electron chi connectivity index (χ1n) is 12.1. The Morgan fingerprint density at radius 3 is 2.54 bits per heavy atom. The number of aromatic nitrogens is 2. The number of carbonyl (C=O) groups is 1. The smallest absolute Gasteiger partial charge is 0.435 e. The summed E-state index contributed by atoms with van der Waals surface area (Å²) in [5.74, 6) is -0.432. The molecule has 2 aliphatic carbocycles. The molecule has 11 heteroatoms. The van der Waals surface area contributed by atoms with E-state index in [0.717, 1.165) is 27.8 Å². The van der Waals surface area contributed by atoms with Crippen LogP contribution in [-0.2, 0) is 30.2 Å². The number of hydrogen-bond acceptors (Lipinski definition) is 3.